The summed E-state index contributed by atoms with van der Waals surface area (Å²) in [7, 11) is 1.97. The predicted octanol–water partition coefficient (Wildman–Crippen LogP) is 1.41. The minimum atomic E-state index is 0. The van der Waals surface area contributed by atoms with E-state index in [9.17, 15) is 0 Å². The lowest BCUT2D eigenvalue weighted by Crippen LogP contribution is -2.00. The summed E-state index contributed by atoms with van der Waals surface area (Å²) < 4.78 is 1.99. The first-order valence-corrected chi connectivity index (χ1v) is 4.93. The highest BCUT2D eigenvalue weighted by molar-refractivity contribution is 7.99. The quantitative estimate of drug-likeness (QED) is 0.656. The van der Waals surface area contributed by atoms with Gasteiger partial charge in [0.15, 0.2) is 5.16 Å². The molecule has 0 spiro atoms. The molecule has 0 aliphatic carbocycles. The molecule has 2 N–H and O–H groups in total. The molecule has 1 heterocycles. The first-order valence-electron chi connectivity index (χ1n) is 3.94. The van der Waals surface area contributed by atoms with Crippen LogP contribution in [0.4, 0.5) is 0 Å². The van der Waals surface area contributed by atoms with Gasteiger partial charge in [-0.1, -0.05) is 11.8 Å². The highest BCUT2D eigenvalue weighted by Crippen LogP contribution is 2.15. The van der Waals surface area contributed by atoms with E-state index in [0.29, 0.717) is 0 Å². The van der Waals surface area contributed by atoms with Gasteiger partial charge in [-0.25, -0.2) is 0 Å². The van der Waals surface area contributed by atoms with E-state index in [0.717, 1.165) is 29.7 Å². The third-order valence-corrected chi connectivity index (χ3v) is 2.74. The van der Waals surface area contributed by atoms with Gasteiger partial charge >= 0.3 is 0 Å². The fraction of sp³-hybridized carbons (Fsp3) is 0.714. The molecule has 0 aliphatic rings. The van der Waals surface area contributed by atoms with Crippen molar-refractivity contribution in [3.05, 3.63) is 5.82 Å². The summed E-state index contributed by atoms with van der Waals surface area (Å²) in [6.45, 7) is 2.68. The normalized spacial score (nSPS) is 9.07. The summed E-state index contributed by atoms with van der Waals surface area (Å²) in [5.41, 5.74) is 5.38. The number of hydrogen-bond donors (Lipinski definition) is 1. The Morgan fingerprint density at radius 3 is 2.43 bits per heavy atom. The molecule has 0 aliphatic heterocycles. The number of thioether (sulfide) groups is 1. The number of nitrogens with two attached hydrogens (primary N) is 1. The fourth-order valence-electron chi connectivity index (χ4n) is 0.760. The summed E-state index contributed by atoms with van der Waals surface area (Å²) in [6, 6.07) is 0. The first-order chi connectivity index (χ1) is 5.75. The zero-order valence-corrected chi connectivity index (χ0v) is 10.7. The van der Waals surface area contributed by atoms with Crippen molar-refractivity contribution in [2.75, 3.05) is 12.3 Å². The molecule has 0 saturated carbocycles. The maximum Gasteiger partial charge on any atom is 0.190 e. The van der Waals surface area contributed by atoms with Gasteiger partial charge < -0.3 is 10.3 Å². The molecule has 0 amide bonds. The van der Waals surface area contributed by atoms with Gasteiger partial charge in [0.1, 0.15) is 5.82 Å². The van der Waals surface area contributed by atoms with Crippen LogP contribution in [-0.2, 0) is 7.05 Å². The Balaban J connectivity index is 0. The van der Waals surface area contributed by atoms with E-state index in [4.69, 9.17) is 5.73 Å². The number of aromatic nitrogens is 3. The van der Waals surface area contributed by atoms with Gasteiger partial charge in [-0.2, -0.15) is 0 Å². The summed E-state index contributed by atoms with van der Waals surface area (Å²) in [6.07, 6.45) is 1.02. The van der Waals surface area contributed by atoms with Crippen LogP contribution in [0.3, 0.4) is 0 Å². The zero-order valence-electron chi connectivity index (χ0n) is 8.27. The third-order valence-electron chi connectivity index (χ3n) is 1.63. The van der Waals surface area contributed by atoms with Crippen molar-refractivity contribution in [3.63, 3.8) is 0 Å². The maximum absolute atomic E-state index is 5.38. The van der Waals surface area contributed by atoms with E-state index in [1.807, 2.05) is 18.5 Å². The molecular formula is C7H16Cl2N4S. The van der Waals surface area contributed by atoms with Crippen LogP contribution in [0.5, 0.6) is 0 Å². The summed E-state index contributed by atoms with van der Waals surface area (Å²) in [5.74, 6) is 1.97. The molecular weight excluding hydrogens is 243 g/mol. The predicted molar refractivity (Wildman–Crippen MR) is 64.6 cm³/mol. The molecule has 1 aromatic rings. The van der Waals surface area contributed by atoms with Crippen LogP contribution in [-0.4, -0.2) is 27.1 Å². The Labute approximate surface area is 101 Å². The topological polar surface area (TPSA) is 56.7 Å². The third kappa shape index (κ3) is 4.50. The molecule has 0 saturated heterocycles. The molecule has 1 aromatic heterocycles. The standard InChI is InChI=1S/C7H14N4S.2ClH/c1-6-9-10-7(11(6)2)12-5-3-4-8;;/h3-5,8H2,1-2H3;2*1H. The van der Waals surface area contributed by atoms with Crippen molar-refractivity contribution in [1.82, 2.24) is 14.8 Å². The van der Waals surface area contributed by atoms with Gasteiger partial charge in [-0.15, -0.1) is 35.0 Å². The molecule has 0 atom stereocenters. The van der Waals surface area contributed by atoms with Crippen LogP contribution in [0.25, 0.3) is 0 Å². The van der Waals surface area contributed by atoms with Gasteiger partial charge in [0.25, 0.3) is 0 Å². The number of hydrogen-bond acceptors (Lipinski definition) is 4. The largest absolute Gasteiger partial charge is 0.330 e. The van der Waals surface area contributed by atoms with Crippen molar-refractivity contribution in [3.8, 4) is 0 Å². The molecule has 1 rings (SSSR count). The second-order valence-electron chi connectivity index (χ2n) is 2.58. The highest BCUT2D eigenvalue weighted by atomic mass is 35.5. The lowest BCUT2D eigenvalue weighted by molar-refractivity contribution is 0.764. The molecule has 4 nitrogen and oxygen atoms in total. The van der Waals surface area contributed by atoms with Gasteiger partial charge in [0.05, 0.1) is 0 Å². The Bertz CT molecular complexity index is 254. The Hall–Kier alpha value is 0.0300. The van der Waals surface area contributed by atoms with Crippen LogP contribution in [0.2, 0.25) is 0 Å². The Kier molecular flexibility index (Phi) is 9.81. The van der Waals surface area contributed by atoms with Crippen molar-refractivity contribution < 1.29 is 0 Å². The molecule has 0 aromatic carbocycles. The smallest absolute Gasteiger partial charge is 0.190 e. The molecule has 14 heavy (non-hydrogen) atoms. The second kappa shape index (κ2) is 8.35. The van der Waals surface area contributed by atoms with E-state index in [-0.39, 0.29) is 24.8 Å². The summed E-state index contributed by atoms with van der Waals surface area (Å²) in [5, 5.41) is 8.95. The molecule has 0 bridgehead atoms. The van der Waals surface area contributed by atoms with Gasteiger partial charge in [-0.3, -0.25) is 0 Å². The summed E-state index contributed by atoms with van der Waals surface area (Å²) in [4.78, 5) is 0. The van der Waals surface area contributed by atoms with Gasteiger partial charge in [0, 0.05) is 12.8 Å². The molecule has 0 fully saturated rings. The SMILES string of the molecule is Cc1nnc(SCCCN)n1C.Cl.Cl. The van der Waals surface area contributed by atoms with Crippen molar-refractivity contribution in [2.45, 2.75) is 18.5 Å². The average molecular weight is 259 g/mol. The van der Waals surface area contributed by atoms with Crippen LogP contribution in [0.1, 0.15) is 12.2 Å². The molecule has 84 valence electrons. The lowest BCUT2D eigenvalue weighted by atomic mass is 10.5. The minimum absolute atomic E-state index is 0. The van der Waals surface area contributed by atoms with Crippen LogP contribution in [0.15, 0.2) is 5.16 Å². The van der Waals surface area contributed by atoms with Crippen molar-refractivity contribution in [2.24, 2.45) is 12.8 Å². The Morgan fingerprint density at radius 2 is 2.00 bits per heavy atom. The van der Waals surface area contributed by atoms with Crippen molar-refractivity contribution >= 4 is 36.6 Å². The fourth-order valence-corrected chi connectivity index (χ4v) is 1.68. The number of nitrogens with zero attached hydrogens (tertiary/aromatic N) is 3. The first kappa shape index (κ1) is 16.5. The van der Waals surface area contributed by atoms with E-state index >= 15 is 0 Å². The maximum atomic E-state index is 5.38. The number of halogens is 2. The number of aryl methyl sites for hydroxylation is 1. The second-order valence-corrected chi connectivity index (χ2v) is 3.64. The van der Waals surface area contributed by atoms with Crippen LogP contribution in [0, 0.1) is 6.92 Å². The summed E-state index contributed by atoms with van der Waals surface area (Å²) >= 11 is 1.70. The van der Waals surface area contributed by atoms with Gasteiger partial charge in [-0.05, 0) is 19.9 Å². The monoisotopic (exact) mass is 258 g/mol. The zero-order chi connectivity index (χ0) is 8.97. The van der Waals surface area contributed by atoms with E-state index in [2.05, 4.69) is 10.2 Å². The van der Waals surface area contributed by atoms with Crippen LogP contribution >= 0.6 is 36.6 Å². The van der Waals surface area contributed by atoms with Gasteiger partial charge in [0.2, 0.25) is 0 Å². The Morgan fingerprint density at radius 1 is 1.36 bits per heavy atom. The average Bonchev–Trinajstić information content (AvgIpc) is 2.36. The highest BCUT2D eigenvalue weighted by Gasteiger charge is 2.03. The van der Waals surface area contributed by atoms with Crippen LogP contribution < -0.4 is 5.73 Å². The van der Waals surface area contributed by atoms with Crippen molar-refractivity contribution in [1.29, 1.82) is 0 Å². The molecule has 0 unspecified atom stereocenters. The molecule has 7 heteroatoms. The lowest BCUT2D eigenvalue weighted by Gasteiger charge is -1.99. The van der Waals surface area contributed by atoms with E-state index < -0.39 is 0 Å². The van der Waals surface area contributed by atoms with E-state index in [1.54, 1.807) is 11.8 Å². The van der Waals surface area contributed by atoms with E-state index in [1.165, 1.54) is 0 Å². The number of rotatable bonds is 4. The minimum Gasteiger partial charge on any atom is -0.330 e. The molecule has 0 radical (unpaired) electrons.